The molecule has 0 spiro atoms. The lowest BCUT2D eigenvalue weighted by Gasteiger charge is -2.25. The van der Waals surface area contributed by atoms with Crippen molar-refractivity contribution in [2.75, 3.05) is 0 Å². The Morgan fingerprint density at radius 2 is 2.16 bits per heavy atom. The zero-order valence-corrected chi connectivity index (χ0v) is 11.1. The molecule has 19 heavy (non-hydrogen) atoms. The van der Waals surface area contributed by atoms with Crippen molar-refractivity contribution in [3.05, 3.63) is 35.8 Å². The quantitative estimate of drug-likeness (QED) is 0.605. The first-order valence-corrected chi connectivity index (χ1v) is 6.63. The molecule has 4 nitrogen and oxygen atoms in total. The van der Waals surface area contributed by atoms with Gasteiger partial charge in [-0.05, 0) is 31.4 Å². The van der Waals surface area contributed by atoms with Gasteiger partial charge in [-0.1, -0.05) is 18.6 Å². The minimum absolute atomic E-state index is 0.0503. The molecule has 2 heterocycles. The average Bonchev–Trinajstić information content (AvgIpc) is 2.93. The first kappa shape index (κ1) is 12.2. The number of carbonyl (C=O) groups excluding carboxylic acids is 2. The van der Waals surface area contributed by atoms with Crippen LogP contribution < -0.4 is 0 Å². The molecule has 0 unspecified atom stereocenters. The predicted molar refractivity (Wildman–Crippen MR) is 68.8 cm³/mol. The molecule has 0 N–H and O–H groups in total. The Kier molecular flexibility index (Phi) is 2.81. The number of amides is 2. The summed E-state index contributed by atoms with van der Waals surface area (Å²) in [5, 5.41) is 0. The molecule has 0 saturated carbocycles. The predicted octanol–water partition coefficient (Wildman–Crippen LogP) is 2.37. The van der Waals surface area contributed by atoms with Gasteiger partial charge in [-0.2, -0.15) is 0 Å². The van der Waals surface area contributed by atoms with Gasteiger partial charge >= 0.3 is 0 Å². The van der Waals surface area contributed by atoms with Crippen LogP contribution in [0.5, 0.6) is 0 Å². The maximum Gasteiger partial charge on any atom is 0.234 e. The molecule has 2 amide bonds. The van der Waals surface area contributed by atoms with Crippen molar-refractivity contribution >= 4 is 11.8 Å². The van der Waals surface area contributed by atoms with Crippen LogP contribution in [0.2, 0.25) is 0 Å². The Balaban J connectivity index is 1.86. The standard InChI is InChI=1S/C15H17NO3/c1-9-6-10(2)13-12(7-9)14(17)16(15(13)18)8-11-4-3-5-19-11/h3-6,10,12-13H,7-8H2,1-2H3/t10-,12-,13-/m1/s1. The van der Waals surface area contributed by atoms with E-state index in [0.717, 1.165) is 0 Å². The van der Waals surface area contributed by atoms with Crippen LogP contribution in [-0.4, -0.2) is 16.7 Å². The third-order valence-corrected chi connectivity index (χ3v) is 4.12. The number of hydrogen-bond acceptors (Lipinski definition) is 3. The number of allylic oxidation sites excluding steroid dienone is 2. The molecule has 100 valence electrons. The van der Waals surface area contributed by atoms with Gasteiger partial charge in [-0.15, -0.1) is 0 Å². The number of imide groups is 1. The van der Waals surface area contributed by atoms with Gasteiger partial charge in [0.05, 0.1) is 24.6 Å². The monoisotopic (exact) mass is 259 g/mol. The van der Waals surface area contributed by atoms with Gasteiger partial charge in [0.2, 0.25) is 11.8 Å². The lowest BCUT2D eigenvalue weighted by atomic mass is 9.76. The third kappa shape index (κ3) is 1.91. The van der Waals surface area contributed by atoms with Crippen LogP contribution in [0.15, 0.2) is 34.5 Å². The molecule has 2 aliphatic rings. The lowest BCUT2D eigenvalue weighted by molar-refractivity contribution is -0.141. The molecule has 1 saturated heterocycles. The first-order chi connectivity index (χ1) is 9.08. The van der Waals surface area contributed by atoms with Crippen molar-refractivity contribution in [1.29, 1.82) is 0 Å². The molecule has 3 atom stereocenters. The highest BCUT2D eigenvalue weighted by molar-refractivity contribution is 6.05. The number of likely N-dealkylation sites (tertiary alicyclic amines) is 1. The van der Waals surface area contributed by atoms with E-state index in [9.17, 15) is 9.59 Å². The third-order valence-electron chi connectivity index (χ3n) is 4.12. The van der Waals surface area contributed by atoms with Crippen molar-refractivity contribution in [1.82, 2.24) is 4.90 Å². The molecular formula is C15H17NO3. The number of fused-ring (bicyclic) bond motifs is 1. The van der Waals surface area contributed by atoms with E-state index < -0.39 is 0 Å². The topological polar surface area (TPSA) is 50.5 Å². The number of furan rings is 1. The van der Waals surface area contributed by atoms with E-state index in [-0.39, 0.29) is 36.1 Å². The molecule has 1 aromatic rings. The summed E-state index contributed by atoms with van der Waals surface area (Å²) < 4.78 is 5.23. The van der Waals surface area contributed by atoms with Crippen LogP contribution in [0.3, 0.4) is 0 Å². The Bertz CT molecular complexity index is 544. The average molecular weight is 259 g/mol. The van der Waals surface area contributed by atoms with Crippen LogP contribution in [0.4, 0.5) is 0 Å². The smallest absolute Gasteiger partial charge is 0.234 e. The van der Waals surface area contributed by atoms with Crippen molar-refractivity contribution < 1.29 is 14.0 Å². The van der Waals surface area contributed by atoms with Gasteiger partial charge in [0.25, 0.3) is 0 Å². The zero-order valence-electron chi connectivity index (χ0n) is 11.1. The van der Waals surface area contributed by atoms with Crippen LogP contribution in [0.25, 0.3) is 0 Å². The first-order valence-electron chi connectivity index (χ1n) is 6.63. The lowest BCUT2D eigenvalue weighted by Crippen LogP contribution is -2.31. The summed E-state index contributed by atoms with van der Waals surface area (Å²) in [6.45, 7) is 4.30. The van der Waals surface area contributed by atoms with E-state index in [1.807, 2.05) is 13.8 Å². The van der Waals surface area contributed by atoms with Gasteiger partial charge in [0.15, 0.2) is 0 Å². The second-order valence-corrected chi connectivity index (χ2v) is 5.55. The van der Waals surface area contributed by atoms with Crippen molar-refractivity contribution in [3.63, 3.8) is 0 Å². The van der Waals surface area contributed by atoms with Crippen molar-refractivity contribution in [3.8, 4) is 0 Å². The van der Waals surface area contributed by atoms with Crippen molar-refractivity contribution in [2.45, 2.75) is 26.8 Å². The molecule has 1 fully saturated rings. The van der Waals surface area contributed by atoms with Crippen LogP contribution in [0, 0.1) is 17.8 Å². The van der Waals surface area contributed by atoms with Crippen LogP contribution >= 0.6 is 0 Å². The van der Waals surface area contributed by atoms with Gasteiger partial charge in [0.1, 0.15) is 5.76 Å². The van der Waals surface area contributed by atoms with Crippen LogP contribution in [-0.2, 0) is 16.1 Å². The second-order valence-electron chi connectivity index (χ2n) is 5.55. The molecule has 0 bridgehead atoms. The fraction of sp³-hybridized carbons (Fsp3) is 0.467. The Labute approximate surface area is 112 Å². The summed E-state index contributed by atoms with van der Waals surface area (Å²) in [5.74, 6) is 0.316. The highest BCUT2D eigenvalue weighted by Gasteiger charge is 2.50. The number of carbonyl (C=O) groups is 2. The van der Waals surface area contributed by atoms with E-state index >= 15 is 0 Å². The van der Waals surface area contributed by atoms with E-state index in [2.05, 4.69) is 6.08 Å². The summed E-state index contributed by atoms with van der Waals surface area (Å²) in [6, 6.07) is 3.55. The largest absolute Gasteiger partial charge is 0.467 e. The van der Waals surface area contributed by atoms with Gasteiger partial charge in [-0.25, -0.2) is 0 Å². The summed E-state index contributed by atoms with van der Waals surface area (Å²) in [6.07, 6.45) is 4.37. The van der Waals surface area contributed by atoms with Gasteiger partial charge in [0, 0.05) is 0 Å². The van der Waals surface area contributed by atoms with E-state index in [0.29, 0.717) is 12.2 Å². The normalized spacial score (nSPS) is 30.5. The molecule has 1 aliphatic carbocycles. The van der Waals surface area contributed by atoms with E-state index in [4.69, 9.17) is 4.42 Å². The minimum Gasteiger partial charge on any atom is -0.467 e. The van der Waals surface area contributed by atoms with E-state index in [1.54, 1.807) is 18.4 Å². The van der Waals surface area contributed by atoms with Gasteiger partial charge in [-0.3, -0.25) is 14.5 Å². The Morgan fingerprint density at radius 3 is 2.84 bits per heavy atom. The number of rotatable bonds is 2. The minimum atomic E-state index is -0.189. The number of hydrogen-bond donors (Lipinski definition) is 0. The SMILES string of the molecule is CC1=C[C@@H](C)[C@H]2C(=O)N(Cc3ccco3)C(=O)[C@@H]2C1. The fourth-order valence-electron chi connectivity index (χ4n) is 3.30. The molecule has 1 aliphatic heterocycles. The van der Waals surface area contributed by atoms with Crippen molar-refractivity contribution in [2.24, 2.45) is 17.8 Å². The highest BCUT2D eigenvalue weighted by Crippen LogP contribution is 2.41. The molecule has 0 radical (unpaired) electrons. The van der Waals surface area contributed by atoms with Crippen LogP contribution in [0.1, 0.15) is 26.0 Å². The van der Waals surface area contributed by atoms with E-state index in [1.165, 1.54) is 10.5 Å². The van der Waals surface area contributed by atoms with Gasteiger partial charge < -0.3 is 4.42 Å². The maximum atomic E-state index is 12.4. The maximum absolute atomic E-state index is 12.4. The fourth-order valence-corrected chi connectivity index (χ4v) is 3.30. The highest BCUT2D eigenvalue weighted by atomic mass is 16.3. The number of nitrogens with zero attached hydrogens (tertiary/aromatic N) is 1. The molecular weight excluding hydrogens is 242 g/mol. The Morgan fingerprint density at radius 1 is 1.37 bits per heavy atom. The molecule has 4 heteroatoms. The second kappa shape index (κ2) is 4.37. The molecule has 0 aromatic carbocycles. The molecule has 3 rings (SSSR count). The summed E-state index contributed by atoms with van der Waals surface area (Å²) in [7, 11) is 0. The Hall–Kier alpha value is -1.84. The summed E-state index contributed by atoms with van der Waals surface area (Å²) >= 11 is 0. The summed E-state index contributed by atoms with van der Waals surface area (Å²) in [4.78, 5) is 26.2. The summed E-state index contributed by atoms with van der Waals surface area (Å²) in [5.41, 5.74) is 1.20. The molecule has 1 aromatic heterocycles. The zero-order chi connectivity index (χ0) is 13.6.